The van der Waals surface area contributed by atoms with Gasteiger partial charge in [-0.05, 0) is 26.7 Å². The van der Waals surface area contributed by atoms with Crippen LogP contribution in [0.3, 0.4) is 0 Å². The molecule has 1 unspecified atom stereocenters. The Bertz CT molecular complexity index is 219. The van der Waals surface area contributed by atoms with Crippen LogP contribution >= 0.6 is 0 Å². The van der Waals surface area contributed by atoms with E-state index in [0.29, 0.717) is 12.1 Å². The molecule has 0 aromatic carbocycles. The summed E-state index contributed by atoms with van der Waals surface area (Å²) in [6, 6.07) is 0.594. The predicted octanol–water partition coefficient (Wildman–Crippen LogP) is 1.69. The van der Waals surface area contributed by atoms with Gasteiger partial charge < -0.3 is 19.5 Å². The minimum atomic E-state index is -0.232. The molecule has 1 heterocycles. The van der Waals surface area contributed by atoms with Crippen molar-refractivity contribution in [3.63, 3.8) is 0 Å². The molecular weight excluding hydrogens is 218 g/mol. The van der Waals surface area contributed by atoms with Crippen molar-refractivity contribution in [3.8, 4) is 0 Å². The topological polar surface area (TPSA) is 39.7 Å². The molecule has 4 nitrogen and oxygen atoms in total. The molecule has 2 rings (SSSR count). The fourth-order valence-electron chi connectivity index (χ4n) is 2.72. The fourth-order valence-corrected chi connectivity index (χ4v) is 2.72. The molecule has 4 heteroatoms. The third-order valence-corrected chi connectivity index (χ3v) is 3.71. The summed E-state index contributed by atoms with van der Waals surface area (Å²) in [5.41, 5.74) is 0. The molecule has 1 N–H and O–H groups in total. The first kappa shape index (κ1) is 13.3. The minimum absolute atomic E-state index is 0.232. The molecule has 0 bridgehead atoms. The maximum Gasteiger partial charge on any atom is 0.168 e. The monoisotopic (exact) mass is 243 g/mol. The molecule has 0 aromatic heterocycles. The van der Waals surface area contributed by atoms with Gasteiger partial charge in [0.15, 0.2) is 5.79 Å². The third kappa shape index (κ3) is 3.65. The summed E-state index contributed by atoms with van der Waals surface area (Å²) in [4.78, 5) is 0. The van der Waals surface area contributed by atoms with Gasteiger partial charge in [0.05, 0.1) is 19.3 Å². The lowest BCUT2D eigenvalue weighted by atomic mass is 9.90. The zero-order valence-corrected chi connectivity index (χ0v) is 11.0. The summed E-state index contributed by atoms with van der Waals surface area (Å²) in [5.74, 6) is -0.232. The van der Waals surface area contributed by atoms with Crippen LogP contribution in [0.15, 0.2) is 0 Å². The molecule has 1 saturated heterocycles. The molecule has 0 amide bonds. The van der Waals surface area contributed by atoms with Gasteiger partial charge in [0, 0.05) is 32.0 Å². The summed E-state index contributed by atoms with van der Waals surface area (Å²) < 4.78 is 17.0. The molecule has 2 aliphatic rings. The van der Waals surface area contributed by atoms with Gasteiger partial charge in [-0.15, -0.1) is 0 Å². The first-order valence-corrected chi connectivity index (χ1v) is 6.87. The van der Waals surface area contributed by atoms with Crippen LogP contribution in [-0.2, 0) is 14.2 Å². The average Bonchev–Trinajstić information content (AvgIpc) is 2.78. The molecule has 1 spiro atoms. The fraction of sp³-hybridized carbons (Fsp3) is 1.00. The lowest BCUT2D eigenvalue weighted by Gasteiger charge is -2.36. The molecule has 100 valence electrons. The second-order valence-electron chi connectivity index (χ2n) is 5.06. The Morgan fingerprint density at radius 3 is 2.53 bits per heavy atom. The first-order chi connectivity index (χ1) is 8.24. The first-order valence-electron chi connectivity index (χ1n) is 6.87. The van der Waals surface area contributed by atoms with Crippen molar-refractivity contribution in [3.05, 3.63) is 0 Å². The quantitative estimate of drug-likeness (QED) is 0.797. The van der Waals surface area contributed by atoms with Crippen molar-refractivity contribution in [1.82, 2.24) is 5.32 Å². The minimum Gasteiger partial charge on any atom is -0.377 e. The summed E-state index contributed by atoms with van der Waals surface area (Å²) >= 11 is 0. The normalized spacial score (nSPS) is 26.5. The third-order valence-electron chi connectivity index (χ3n) is 3.71. The van der Waals surface area contributed by atoms with E-state index in [1.165, 1.54) is 0 Å². The Balaban J connectivity index is 1.65. The van der Waals surface area contributed by atoms with Crippen molar-refractivity contribution in [1.29, 1.82) is 0 Å². The van der Waals surface area contributed by atoms with E-state index in [2.05, 4.69) is 12.2 Å². The van der Waals surface area contributed by atoms with Crippen molar-refractivity contribution >= 4 is 0 Å². The van der Waals surface area contributed by atoms with Crippen LogP contribution < -0.4 is 5.32 Å². The number of ether oxygens (including phenoxy) is 3. The van der Waals surface area contributed by atoms with Gasteiger partial charge in [-0.1, -0.05) is 0 Å². The van der Waals surface area contributed by atoms with Crippen molar-refractivity contribution < 1.29 is 14.2 Å². The Kier molecular flexibility index (Phi) is 4.79. The maximum absolute atomic E-state index is 5.72. The number of hydrogen-bond acceptors (Lipinski definition) is 4. The van der Waals surface area contributed by atoms with E-state index in [9.17, 15) is 0 Å². The second kappa shape index (κ2) is 6.14. The van der Waals surface area contributed by atoms with E-state index >= 15 is 0 Å². The second-order valence-corrected chi connectivity index (χ2v) is 5.06. The van der Waals surface area contributed by atoms with E-state index in [1.54, 1.807) is 0 Å². The largest absolute Gasteiger partial charge is 0.377 e. The highest BCUT2D eigenvalue weighted by Gasteiger charge is 2.40. The standard InChI is InChI=1S/C13H25NO3/c1-3-15-11(2)10-14-12-4-6-13(7-5-12)16-8-9-17-13/h11-12,14H,3-10H2,1-2H3. The highest BCUT2D eigenvalue weighted by molar-refractivity contribution is 4.85. The van der Waals surface area contributed by atoms with E-state index in [1.807, 2.05) is 6.92 Å². The summed E-state index contributed by atoms with van der Waals surface area (Å²) in [6.07, 6.45) is 4.62. The molecule has 1 saturated carbocycles. The summed E-state index contributed by atoms with van der Waals surface area (Å²) in [5, 5.41) is 3.58. The van der Waals surface area contributed by atoms with Crippen molar-refractivity contribution in [2.24, 2.45) is 0 Å². The Morgan fingerprint density at radius 1 is 1.29 bits per heavy atom. The van der Waals surface area contributed by atoms with E-state index in [0.717, 1.165) is 52.0 Å². The molecule has 0 aromatic rings. The van der Waals surface area contributed by atoms with Crippen LogP contribution in [0.2, 0.25) is 0 Å². The van der Waals surface area contributed by atoms with Gasteiger partial charge >= 0.3 is 0 Å². The SMILES string of the molecule is CCOC(C)CNC1CCC2(CC1)OCCO2. The van der Waals surface area contributed by atoms with Crippen LogP contribution in [0.25, 0.3) is 0 Å². The smallest absolute Gasteiger partial charge is 0.168 e. The van der Waals surface area contributed by atoms with Crippen molar-refractivity contribution in [2.45, 2.75) is 57.5 Å². The molecule has 1 atom stereocenters. The van der Waals surface area contributed by atoms with Gasteiger partial charge in [0.25, 0.3) is 0 Å². The Hall–Kier alpha value is -0.160. The van der Waals surface area contributed by atoms with Crippen LogP contribution in [0.5, 0.6) is 0 Å². The van der Waals surface area contributed by atoms with Gasteiger partial charge in [-0.3, -0.25) is 0 Å². The Morgan fingerprint density at radius 2 is 1.94 bits per heavy atom. The zero-order valence-electron chi connectivity index (χ0n) is 11.0. The number of rotatable bonds is 5. The van der Waals surface area contributed by atoms with Gasteiger partial charge in [0.2, 0.25) is 0 Å². The molecule has 17 heavy (non-hydrogen) atoms. The summed E-state index contributed by atoms with van der Waals surface area (Å²) in [6.45, 7) is 7.41. The van der Waals surface area contributed by atoms with Gasteiger partial charge in [0.1, 0.15) is 0 Å². The molecule has 1 aliphatic heterocycles. The highest BCUT2D eigenvalue weighted by Crippen LogP contribution is 2.35. The number of hydrogen-bond donors (Lipinski definition) is 1. The van der Waals surface area contributed by atoms with E-state index in [4.69, 9.17) is 14.2 Å². The molecule has 1 aliphatic carbocycles. The predicted molar refractivity (Wildman–Crippen MR) is 66.0 cm³/mol. The van der Waals surface area contributed by atoms with E-state index < -0.39 is 0 Å². The highest BCUT2D eigenvalue weighted by atomic mass is 16.7. The van der Waals surface area contributed by atoms with Crippen LogP contribution in [0.1, 0.15) is 39.5 Å². The molecule has 0 radical (unpaired) electrons. The van der Waals surface area contributed by atoms with Crippen LogP contribution in [0.4, 0.5) is 0 Å². The zero-order chi connectivity index (χ0) is 12.1. The molecular formula is C13H25NO3. The maximum atomic E-state index is 5.72. The summed E-state index contributed by atoms with van der Waals surface area (Å²) in [7, 11) is 0. The molecule has 2 fully saturated rings. The van der Waals surface area contributed by atoms with Crippen molar-refractivity contribution in [2.75, 3.05) is 26.4 Å². The van der Waals surface area contributed by atoms with E-state index in [-0.39, 0.29) is 5.79 Å². The average molecular weight is 243 g/mol. The lowest BCUT2D eigenvalue weighted by Crippen LogP contribution is -2.43. The Labute approximate surface area is 104 Å². The lowest BCUT2D eigenvalue weighted by molar-refractivity contribution is -0.179. The van der Waals surface area contributed by atoms with Gasteiger partial charge in [-0.2, -0.15) is 0 Å². The van der Waals surface area contributed by atoms with Gasteiger partial charge in [-0.25, -0.2) is 0 Å². The van der Waals surface area contributed by atoms with Crippen LogP contribution in [-0.4, -0.2) is 44.3 Å². The van der Waals surface area contributed by atoms with Crippen LogP contribution in [0, 0.1) is 0 Å². The number of nitrogens with one attached hydrogen (secondary N) is 1.